The second-order valence-electron chi connectivity index (χ2n) is 14.9. The Morgan fingerprint density at radius 2 is 0.741 bits per heavy atom. The van der Waals surface area contributed by atoms with Crippen LogP contribution in [0.4, 0.5) is 17.1 Å². The molecule has 0 aliphatic rings. The standard InChI is InChI=1S/C56H38N2/c1-5-17-40(18-6-1)55-50-27-14-13-25-47(50)48-35-34-46(38-52(48)56(55)41-19-7-2-8-20-41)57(43-21-9-3-10-22-43)45-32-29-39(30-33-45)42-31-36-54-51(37-42)49-26-15-16-28-53(49)58(54)44-23-11-4-12-24-44/h1-38H. The van der Waals surface area contributed by atoms with Gasteiger partial charge in [0.05, 0.1) is 11.0 Å². The number of aromatic nitrogens is 1. The predicted molar refractivity (Wildman–Crippen MR) is 247 cm³/mol. The highest BCUT2D eigenvalue weighted by molar-refractivity contribution is 6.22. The molecule has 0 fully saturated rings. The Bertz CT molecular complexity index is 3240. The van der Waals surface area contributed by atoms with E-state index in [2.05, 4.69) is 240 Å². The second-order valence-corrected chi connectivity index (χ2v) is 14.9. The van der Waals surface area contributed by atoms with Crippen LogP contribution in [-0.4, -0.2) is 4.57 Å². The van der Waals surface area contributed by atoms with Crippen LogP contribution in [-0.2, 0) is 0 Å². The number of benzene rings is 10. The van der Waals surface area contributed by atoms with E-state index in [9.17, 15) is 0 Å². The number of rotatable bonds is 7. The lowest BCUT2D eigenvalue weighted by atomic mass is 9.85. The monoisotopic (exact) mass is 738 g/mol. The minimum absolute atomic E-state index is 1.10. The van der Waals surface area contributed by atoms with Gasteiger partial charge < -0.3 is 9.47 Å². The van der Waals surface area contributed by atoms with Gasteiger partial charge in [-0.25, -0.2) is 0 Å². The van der Waals surface area contributed by atoms with Crippen molar-refractivity contribution in [2.75, 3.05) is 4.90 Å². The molecule has 2 heteroatoms. The van der Waals surface area contributed by atoms with E-state index in [-0.39, 0.29) is 0 Å². The molecule has 11 rings (SSSR count). The van der Waals surface area contributed by atoms with E-state index in [4.69, 9.17) is 0 Å². The summed E-state index contributed by atoms with van der Waals surface area (Å²) >= 11 is 0. The number of fused-ring (bicyclic) bond motifs is 6. The van der Waals surface area contributed by atoms with Crippen LogP contribution in [0.2, 0.25) is 0 Å². The lowest BCUT2D eigenvalue weighted by Gasteiger charge is -2.27. The molecule has 11 aromatic rings. The van der Waals surface area contributed by atoms with Crippen LogP contribution in [0.3, 0.4) is 0 Å². The number of para-hydroxylation sites is 3. The zero-order valence-corrected chi connectivity index (χ0v) is 31.8. The topological polar surface area (TPSA) is 8.17 Å². The van der Waals surface area contributed by atoms with Crippen molar-refractivity contribution in [3.05, 3.63) is 231 Å². The molecule has 0 amide bonds. The first-order valence-electron chi connectivity index (χ1n) is 19.9. The van der Waals surface area contributed by atoms with Gasteiger partial charge in [-0.05, 0) is 122 Å². The van der Waals surface area contributed by atoms with Crippen LogP contribution in [0.25, 0.3) is 82.4 Å². The largest absolute Gasteiger partial charge is 0.310 e. The summed E-state index contributed by atoms with van der Waals surface area (Å²) in [6, 6.07) is 83.6. The van der Waals surface area contributed by atoms with Gasteiger partial charge in [-0.1, -0.05) is 164 Å². The molecule has 0 radical (unpaired) electrons. The summed E-state index contributed by atoms with van der Waals surface area (Å²) in [4.78, 5) is 2.38. The highest BCUT2D eigenvalue weighted by Gasteiger charge is 2.20. The number of anilines is 3. The third-order valence-electron chi connectivity index (χ3n) is 11.6. The number of nitrogens with zero attached hydrogens (tertiary/aromatic N) is 2. The summed E-state index contributed by atoms with van der Waals surface area (Å²) in [7, 11) is 0. The van der Waals surface area contributed by atoms with Gasteiger partial charge in [0.15, 0.2) is 0 Å². The van der Waals surface area contributed by atoms with Crippen LogP contribution < -0.4 is 4.90 Å². The highest BCUT2D eigenvalue weighted by Crippen LogP contribution is 2.47. The van der Waals surface area contributed by atoms with E-state index in [1.165, 1.54) is 82.4 Å². The van der Waals surface area contributed by atoms with Crippen molar-refractivity contribution < 1.29 is 0 Å². The molecule has 0 atom stereocenters. The molecule has 0 unspecified atom stereocenters. The molecule has 0 saturated heterocycles. The van der Waals surface area contributed by atoms with Crippen molar-refractivity contribution in [1.82, 2.24) is 4.57 Å². The van der Waals surface area contributed by atoms with Gasteiger partial charge in [0, 0.05) is 33.5 Å². The molecular formula is C56H38N2. The average molecular weight is 739 g/mol. The van der Waals surface area contributed by atoms with Gasteiger partial charge in [0.1, 0.15) is 0 Å². The molecule has 1 aromatic heterocycles. The summed E-state index contributed by atoms with van der Waals surface area (Å²) in [6.45, 7) is 0. The summed E-state index contributed by atoms with van der Waals surface area (Å²) < 4.78 is 2.37. The van der Waals surface area contributed by atoms with Gasteiger partial charge in [-0.2, -0.15) is 0 Å². The molecule has 0 bridgehead atoms. The zero-order chi connectivity index (χ0) is 38.4. The van der Waals surface area contributed by atoms with Gasteiger partial charge in [0.25, 0.3) is 0 Å². The Morgan fingerprint density at radius 1 is 0.259 bits per heavy atom. The third-order valence-corrected chi connectivity index (χ3v) is 11.6. The third kappa shape index (κ3) is 5.66. The lowest BCUT2D eigenvalue weighted by Crippen LogP contribution is -2.09. The molecular weight excluding hydrogens is 701 g/mol. The fraction of sp³-hybridized carbons (Fsp3) is 0. The summed E-state index contributed by atoms with van der Waals surface area (Å²) in [6.07, 6.45) is 0. The molecule has 10 aromatic carbocycles. The van der Waals surface area contributed by atoms with Crippen molar-refractivity contribution in [3.63, 3.8) is 0 Å². The highest BCUT2D eigenvalue weighted by atomic mass is 15.1. The average Bonchev–Trinajstić information content (AvgIpc) is 3.64. The smallest absolute Gasteiger partial charge is 0.0541 e. The van der Waals surface area contributed by atoms with Gasteiger partial charge >= 0.3 is 0 Å². The van der Waals surface area contributed by atoms with Crippen LogP contribution in [0.15, 0.2) is 231 Å². The normalized spacial score (nSPS) is 11.4. The first kappa shape index (κ1) is 33.6. The molecule has 0 spiro atoms. The molecule has 0 aliphatic carbocycles. The van der Waals surface area contributed by atoms with Crippen molar-refractivity contribution in [3.8, 4) is 39.1 Å². The van der Waals surface area contributed by atoms with Crippen LogP contribution in [0, 0.1) is 0 Å². The Balaban J connectivity index is 1.07. The summed E-state index contributed by atoms with van der Waals surface area (Å²) in [5.41, 5.74) is 14.2. The van der Waals surface area contributed by atoms with E-state index in [0.29, 0.717) is 0 Å². The molecule has 0 saturated carbocycles. The fourth-order valence-electron chi connectivity index (χ4n) is 8.96. The summed E-state index contributed by atoms with van der Waals surface area (Å²) in [5, 5.41) is 7.48. The second kappa shape index (κ2) is 14.1. The molecule has 1 heterocycles. The maximum Gasteiger partial charge on any atom is 0.0541 e. The van der Waals surface area contributed by atoms with Crippen LogP contribution in [0.1, 0.15) is 0 Å². The van der Waals surface area contributed by atoms with E-state index in [1.807, 2.05) is 0 Å². The Kier molecular flexibility index (Phi) is 8.19. The maximum atomic E-state index is 2.40. The number of hydrogen-bond acceptors (Lipinski definition) is 1. The van der Waals surface area contributed by atoms with Gasteiger partial charge in [-0.15, -0.1) is 0 Å². The SMILES string of the molecule is c1ccc(-c2c(-c3ccccc3)c3cc(N(c4ccccc4)c4ccc(-c5ccc6c(c5)c5ccccc5n6-c5ccccc5)cc4)ccc3c3ccccc23)cc1. The lowest BCUT2D eigenvalue weighted by molar-refractivity contribution is 1.18. The summed E-state index contributed by atoms with van der Waals surface area (Å²) in [5.74, 6) is 0. The van der Waals surface area contributed by atoms with Gasteiger partial charge in [-0.3, -0.25) is 0 Å². The van der Waals surface area contributed by atoms with E-state index < -0.39 is 0 Å². The first-order valence-corrected chi connectivity index (χ1v) is 19.9. The Hall–Kier alpha value is -7.68. The Morgan fingerprint density at radius 3 is 1.43 bits per heavy atom. The zero-order valence-electron chi connectivity index (χ0n) is 31.8. The van der Waals surface area contributed by atoms with Gasteiger partial charge in [0.2, 0.25) is 0 Å². The Labute approximate surface area is 338 Å². The molecule has 0 N–H and O–H groups in total. The first-order chi connectivity index (χ1) is 28.8. The van der Waals surface area contributed by atoms with Crippen LogP contribution >= 0.6 is 0 Å². The minimum atomic E-state index is 1.10. The fourth-order valence-corrected chi connectivity index (χ4v) is 8.96. The predicted octanol–water partition coefficient (Wildman–Crippen LogP) is 15.6. The molecule has 2 nitrogen and oxygen atoms in total. The van der Waals surface area contributed by atoms with Crippen molar-refractivity contribution >= 4 is 60.4 Å². The van der Waals surface area contributed by atoms with Crippen molar-refractivity contribution in [2.24, 2.45) is 0 Å². The van der Waals surface area contributed by atoms with E-state index in [1.54, 1.807) is 0 Å². The number of hydrogen-bond donors (Lipinski definition) is 0. The minimum Gasteiger partial charge on any atom is -0.310 e. The molecule has 0 aliphatic heterocycles. The molecule has 58 heavy (non-hydrogen) atoms. The van der Waals surface area contributed by atoms with Crippen LogP contribution in [0.5, 0.6) is 0 Å². The van der Waals surface area contributed by atoms with E-state index in [0.717, 1.165) is 17.1 Å². The van der Waals surface area contributed by atoms with Crippen molar-refractivity contribution in [2.45, 2.75) is 0 Å². The maximum absolute atomic E-state index is 2.40. The van der Waals surface area contributed by atoms with Crippen molar-refractivity contribution in [1.29, 1.82) is 0 Å². The quantitative estimate of drug-likeness (QED) is 0.148. The molecule has 272 valence electrons. The van der Waals surface area contributed by atoms with E-state index >= 15 is 0 Å².